The van der Waals surface area contributed by atoms with Crippen LogP contribution in [0.25, 0.3) is 0 Å². The van der Waals surface area contributed by atoms with Crippen LogP contribution < -0.4 is 5.32 Å². The largest absolute Gasteiger partial charge is 0.339 e. The first-order valence-corrected chi connectivity index (χ1v) is 9.18. The van der Waals surface area contributed by atoms with Gasteiger partial charge in [-0.1, -0.05) is 37.3 Å². The zero-order chi connectivity index (χ0) is 19.4. The number of amides is 5. The molecule has 0 spiro atoms. The molecule has 1 unspecified atom stereocenters. The molecule has 2 heterocycles. The standard InChI is InChI=1S/C19H24N4O4/c1-2-15-11-21(18(26)13-22-12-16(24)20-19(22)27)9-8-17(25)23(15)10-14-6-4-3-5-7-14/h3-7,15H,2,8-13H2,1H3,(H,20,24,27). The van der Waals surface area contributed by atoms with Crippen molar-refractivity contribution in [2.75, 3.05) is 26.2 Å². The number of rotatable bonds is 5. The lowest BCUT2D eigenvalue weighted by molar-refractivity contribution is -0.133. The quantitative estimate of drug-likeness (QED) is 0.766. The summed E-state index contributed by atoms with van der Waals surface area (Å²) in [5.74, 6) is -0.623. The van der Waals surface area contributed by atoms with Gasteiger partial charge in [-0.2, -0.15) is 0 Å². The fourth-order valence-electron chi connectivity index (χ4n) is 3.47. The highest BCUT2D eigenvalue weighted by Crippen LogP contribution is 2.18. The molecule has 1 N–H and O–H groups in total. The molecule has 8 heteroatoms. The Morgan fingerprint density at radius 3 is 2.56 bits per heavy atom. The van der Waals surface area contributed by atoms with Crippen LogP contribution in [0.3, 0.4) is 0 Å². The highest BCUT2D eigenvalue weighted by atomic mass is 16.2. The molecule has 0 aliphatic carbocycles. The van der Waals surface area contributed by atoms with E-state index >= 15 is 0 Å². The third-order valence-electron chi connectivity index (χ3n) is 5.00. The number of nitrogens with zero attached hydrogens (tertiary/aromatic N) is 3. The molecule has 0 bridgehead atoms. The second-order valence-corrected chi connectivity index (χ2v) is 6.87. The molecule has 2 fully saturated rings. The summed E-state index contributed by atoms with van der Waals surface area (Å²) in [5.41, 5.74) is 1.05. The zero-order valence-corrected chi connectivity index (χ0v) is 15.4. The van der Waals surface area contributed by atoms with Crippen molar-refractivity contribution in [2.24, 2.45) is 0 Å². The van der Waals surface area contributed by atoms with Gasteiger partial charge in [0.05, 0.1) is 0 Å². The van der Waals surface area contributed by atoms with E-state index in [2.05, 4.69) is 5.32 Å². The topological polar surface area (TPSA) is 90.0 Å². The zero-order valence-electron chi connectivity index (χ0n) is 15.4. The normalized spacial score (nSPS) is 20.7. The van der Waals surface area contributed by atoms with Crippen LogP contribution >= 0.6 is 0 Å². The number of benzene rings is 1. The molecular formula is C19H24N4O4. The minimum Gasteiger partial charge on any atom is -0.339 e. The smallest absolute Gasteiger partial charge is 0.325 e. The van der Waals surface area contributed by atoms with Crippen LogP contribution in [0, 0.1) is 0 Å². The lowest BCUT2D eigenvalue weighted by Crippen LogP contribution is -2.46. The number of carbonyl (C=O) groups excluding carboxylic acids is 4. The molecule has 144 valence electrons. The Balaban J connectivity index is 1.67. The van der Waals surface area contributed by atoms with E-state index in [1.54, 1.807) is 4.90 Å². The first kappa shape index (κ1) is 18.9. The van der Waals surface area contributed by atoms with Crippen molar-refractivity contribution in [2.45, 2.75) is 32.4 Å². The molecular weight excluding hydrogens is 348 g/mol. The molecule has 0 radical (unpaired) electrons. The molecule has 1 aromatic carbocycles. The molecule has 27 heavy (non-hydrogen) atoms. The predicted octanol–water partition coefficient (Wildman–Crippen LogP) is 0.578. The van der Waals surface area contributed by atoms with Gasteiger partial charge in [-0.15, -0.1) is 0 Å². The molecule has 3 rings (SSSR count). The van der Waals surface area contributed by atoms with E-state index in [-0.39, 0.29) is 37.4 Å². The summed E-state index contributed by atoms with van der Waals surface area (Å²) in [5, 5.41) is 2.16. The van der Waals surface area contributed by atoms with Crippen LogP contribution in [0.4, 0.5) is 4.79 Å². The summed E-state index contributed by atoms with van der Waals surface area (Å²) in [6.45, 7) is 3.01. The fourth-order valence-corrected chi connectivity index (χ4v) is 3.47. The average Bonchev–Trinajstić information content (AvgIpc) is 2.88. The van der Waals surface area contributed by atoms with E-state index in [0.717, 1.165) is 12.0 Å². The van der Waals surface area contributed by atoms with Crippen LogP contribution in [0.15, 0.2) is 30.3 Å². The van der Waals surface area contributed by atoms with Crippen molar-refractivity contribution in [1.82, 2.24) is 20.0 Å². The van der Waals surface area contributed by atoms with Crippen molar-refractivity contribution < 1.29 is 19.2 Å². The maximum absolute atomic E-state index is 12.7. The Bertz CT molecular complexity index is 736. The van der Waals surface area contributed by atoms with Crippen molar-refractivity contribution >= 4 is 23.8 Å². The van der Waals surface area contributed by atoms with Crippen molar-refractivity contribution in [1.29, 1.82) is 0 Å². The van der Waals surface area contributed by atoms with Gasteiger partial charge in [0.1, 0.15) is 13.1 Å². The van der Waals surface area contributed by atoms with Crippen LogP contribution in [0.1, 0.15) is 25.3 Å². The van der Waals surface area contributed by atoms with Crippen molar-refractivity contribution in [3.05, 3.63) is 35.9 Å². The third kappa shape index (κ3) is 4.45. The maximum Gasteiger partial charge on any atom is 0.325 e. The lowest BCUT2D eigenvalue weighted by Gasteiger charge is -2.31. The highest BCUT2D eigenvalue weighted by Gasteiger charge is 2.33. The summed E-state index contributed by atoms with van der Waals surface area (Å²) in [7, 11) is 0. The van der Waals surface area contributed by atoms with Gasteiger partial charge in [0.15, 0.2) is 0 Å². The number of nitrogens with one attached hydrogen (secondary N) is 1. The Kier molecular flexibility index (Phi) is 5.73. The molecule has 1 aromatic rings. The Morgan fingerprint density at radius 1 is 1.19 bits per heavy atom. The highest BCUT2D eigenvalue weighted by molar-refractivity contribution is 6.03. The fraction of sp³-hybridized carbons (Fsp3) is 0.474. The minimum atomic E-state index is -0.544. The van der Waals surface area contributed by atoms with Crippen molar-refractivity contribution in [3.63, 3.8) is 0 Å². The van der Waals surface area contributed by atoms with E-state index in [9.17, 15) is 19.2 Å². The first-order valence-electron chi connectivity index (χ1n) is 9.18. The number of carbonyl (C=O) groups is 4. The lowest BCUT2D eigenvalue weighted by atomic mass is 10.1. The molecule has 1 atom stereocenters. The van der Waals surface area contributed by atoms with Gasteiger partial charge in [0, 0.05) is 32.1 Å². The van der Waals surface area contributed by atoms with E-state index in [0.29, 0.717) is 19.6 Å². The van der Waals surface area contributed by atoms with E-state index in [1.807, 2.05) is 42.2 Å². The van der Waals surface area contributed by atoms with E-state index < -0.39 is 11.9 Å². The summed E-state index contributed by atoms with van der Waals surface area (Å²) >= 11 is 0. The Morgan fingerprint density at radius 2 is 1.93 bits per heavy atom. The van der Waals surface area contributed by atoms with Crippen LogP contribution in [0.5, 0.6) is 0 Å². The number of urea groups is 1. The predicted molar refractivity (Wildman–Crippen MR) is 97.4 cm³/mol. The second-order valence-electron chi connectivity index (χ2n) is 6.87. The number of imide groups is 1. The van der Waals surface area contributed by atoms with E-state index in [1.165, 1.54) is 4.90 Å². The van der Waals surface area contributed by atoms with Gasteiger partial charge in [-0.25, -0.2) is 4.79 Å². The second kappa shape index (κ2) is 8.20. The molecule has 2 aliphatic heterocycles. The van der Waals surface area contributed by atoms with Crippen LogP contribution in [0.2, 0.25) is 0 Å². The average molecular weight is 372 g/mol. The Hall–Kier alpha value is -2.90. The molecule has 8 nitrogen and oxygen atoms in total. The van der Waals surface area contributed by atoms with Crippen LogP contribution in [-0.2, 0) is 20.9 Å². The summed E-state index contributed by atoms with van der Waals surface area (Å²) < 4.78 is 0. The first-order chi connectivity index (χ1) is 13.0. The summed E-state index contributed by atoms with van der Waals surface area (Å²) in [6, 6.07) is 9.15. The van der Waals surface area contributed by atoms with Crippen molar-refractivity contribution in [3.8, 4) is 0 Å². The molecule has 0 saturated carbocycles. The maximum atomic E-state index is 12.7. The van der Waals surface area contributed by atoms with Gasteiger partial charge in [-0.3, -0.25) is 19.7 Å². The van der Waals surface area contributed by atoms with E-state index in [4.69, 9.17) is 0 Å². The molecule has 0 aromatic heterocycles. The Labute approximate surface area is 158 Å². The van der Waals surface area contributed by atoms with Gasteiger partial charge in [-0.05, 0) is 12.0 Å². The molecule has 2 saturated heterocycles. The third-order valence-corrected chi connectivity index (χ3v) is 5.00. The molecule has 2 aliphatic rings. The van der Waals surface area contributed by atoms with Gasteiger partial charge in [0.25, 0.3) is 0 Å². The molecule has 5 amide bonds. The summed E-state index contributed by atoms with van der Waals surface area (Å²) in [6.07, 6.45) is 0.977. The number of hydrogen-bond acceptors (Lipinski definition) is 4. The monoisotopic (exact) mass is 372 g/mol. The number of hydrogen-bond donors (Lipinski definition) is 1. The van der Waals surface area contributed by atoms with Gasteiger partial charge in [0.2, 0.25) is 17.7 Å². The van der Waals surface area contributed by atoms with Gasteiger partial charge >= 0.3 is 6.03 Å². The minimum absolute atomic E-state index is 0.0232. The van der Waals surface area contributed by atoms with Crippen LogP contribution in [-0.4, -0.2) is 70.7 Å². The van der Waals surface area contributed by atoms with Gasteiger partial charge < -0.3 is 14.7 Å². The SMILES string of the molecule is CCC1CN(C(=O)CN2CC(=O)NC2=O)CCC(=O)N1Cc1ccccc1. The summed E-state index contributed by atoms with van der Waals surface area (Å²) in [4.78, 5) is 52.9.